The van der Waals surface area contributed by atoms with E-state index in [1.54, 1.807) is 0 Å². The highest BCUT2D eigenvalue weighted by atomic mass is 35.5. The zero-order chi connectivity index (χ0) is 11.5. The minimum Gasteiger partial charge on any atom is -0.384 e. The zero-order valence-electron chi connectivity index (χ0n) is 9.02. The van der Waals surface area contributed by atoms with Crippen molar-refractivity contribution in [1.29, 1.82) is 0 Å². The van der Waals surface area contributed by atoms with Gasteiger partial charge in [-0.25, -0.2) is 0 Å². The highest BCUT2D eigenvalue weighted by molar-refractivity contribution is 6.31. The van der Waals surface area contributed by atoms with Crippen molar-refractivity contribution in [2.24, 2.45) is 0 Å². The smallest absolute Gasteiger partial charge is 0.104 e. The molecule has 0 aliphatic rings. The molecular formula is C14H13ClO. The summed E-state index contributed by atoms with van der Waals surface area (Å²) in [7, 11) is 0. The van der Waals surface area contributed by atoms with Gasteiger partial charge in [-0.3, -0.25) is 0 Å². The van der Waals surface area contributed by atoms with E-state index in [1.165, 1.54) is 0 Å². The number of benzene rings is 2. The van der Waals surface area contributed by atoms with Crippen LogP contribution < -0.4 is 0 Å². The Hall–Kier alpha value is -1.31. The zero-order valence-corrected chi connectivity index (χ0v) is 9.78. The summed E-state index contributed by atoms with van der Waals surface area (Å²) < 4.78 is 0. The van der Waals surface area contributed by atoms with Crippen LogP contribution >= 0.6 is 11.6 Å². The third kappa shape index (κ3) is 2.11. The van der Waals surface area contributed by atoms with E-state index in [4.69, 9.17) is 11.6 Å². The molecule has 0 amide bonds. The largest absolute Gasteiger partial charge is 0.384 e. The highest BCUT2D eigenvalue weighted by Gasteiger charge is 2.13. The molecule has 2 aromatic carbocycles. The minimum absolute atomic E-state index is 0.611. The van der Waals surface area contributed by atoms with Gasteiger partial charge in [0.05, 0.1) is 0 Å². The topological polar surface area (TPSA) is 20.2 Å². The maximum atomic E-state index is 10.2. The molecule has 0 aliphatic carbocycles. The maximum Gasteiger partial charge on any atom is 0.104 e. The van der Waals surface area contributed by atoms with Crippen LogP contribution in [0.15, 0.2) is 48.5 Å². The second kappa shape index (κ2) is 4.69. The van der Waals surface area contributed by atoms with E-state index in [0.717, 1.165) is 16.7 Å². The summed E-state index contributed by atoms with van der Waals surface area (Å²) in [6, 6.07) is 15.2. The first-order valence-corrected chi connectivity index (χ1v) is 5.56. The van der Waals surface area contributed by atoms with E-state index in [1.807, 2.05) is 55.5 Å². The molecule has 2 rings (SSSR count). The fraction of sp³-hybridized carbons (Fsp3) is 0.143. The Labute approximate surface area is 100 Å². The van der Waals surface area contributed by atoms with Crippen LogP contribution in [0.1, 0.15) is 22.8 Å². The quantitative estimate of drug-likeness (QED) is 0.837. The number of hydrogen-bond donors (Lipinski definition) is 1. The first-order valence-electron chi connectivity index (χ1n) is 5.18. The number of hydrogen-bond acceptors (Lipinski definition) is 1. The van der Waals surface area contributed by atoms with Crippen LogP contribution in [0.25, 0.3) is 0 Å². The van der Waals surface area contributed by atoms with E-state index in [2.05, 4.69) is 0 Å². The molecule has 0 fully saturated rings. The van der Waals surface area contributed by atoms with Gasteiger partial charge in [-0.05, 0) is 29.7 Å². The predicted octanol–water partition coefficient (Wildman–Crippen LogP) is 3.73. The molecule has 1 atom stereocenters. The molecule has 0 saturated heterocycles. The standard InChI is InChI=1S/C14H13ClO/c1-10-12(8-5-9-13(10)15)14(16)11-6-3-2-4-7-11/h2-9,14,16H,1H3. The molecule has 0 radical (unpaired) electrons. The number of aliphatic hydroxyl groups excluding tert-OH is 1. The van der Waals surface area contributed by atoms with Gasteiger partial charge in [0.15, 0.2) is 0 Å². The van der Waals surface area contributed by atoms with Crippen molar-refractivity contribution >= 4 is 11.6 Å². The molecule has 2 aromatic rings. The minimum atomic E-state index is -0.611. The third-order valence-electron chi connectivity index (χ3n) is 2.72. The molecule has 0 heterocycles. The van der Waals surface area contributed by atoms with Gasteiger partial charge in [-0.1, -0.05) is 54.1 Å². The molecule has 82 valence electrons. The number of rotatable bonds is 2. The summed E-state index contributed by atoms with van der Waals surface area (Å²) in [6.07, 6.45) is -0.611. The Bertz CT molecular complexity index is 479. The van der Waals surface area contributed by atoms with Crippen LogP contribution in [0.5, 0.6) is 0 Å². The van der Waals surface area contributed by atoms with Gasteiger partial charge in [0, 0.05) is 5.02 Å². The van der Waals surface area contributed by atoms with Gasteiger partial charge < -0.3 is 5.11 Å². The first kappa shape index (κ1) is 11.2. The van der Waals surface area contributed by atoms with E-state index in [0.29, 0.717) is 5.02 Å². The first-order chi connectivity index (χ1) is 7.70. The number of aliphatic hydroxyl groups is 1. The molecule has 1 nitrogen and oxygen atoms in total. The Kier molecular flexibility index (Phi) is 3.28. The molecule has 1 N–H and O–H groups in total. The van der Waals surface area contributed by atoms with Gasteiger partial charge in [-0.2, -0.15) is 0 Å². The van der Waals surface area contributed by atoms with Gasteiger partial charge in [0.2, 0.25) is 0 Å². The molecule has 0 saturated carbocycles. The van der Waals surface area contributed by atoms with E-state index < -0.39 is 6.10 Å². The Morgan fingerprint density at radius 2 is 1.69 bits per heavy atom. The summed E-state index contributed by atoms with van der Waals surface area (Å²) >= 11 is 6.03. The van der Waals surface area contributed by atoms with Gasteiger partial charge >= 0.3 is 0 Å². The average molecular weight is 233 g/mol. The van der Waals surface area contributed by atoms with Crippen molar-refractivity contribution in [2.45, 2.75) is 13.0 Å². The van der Waals surface area contributed by atoms with Crippen molar-refractivity contribution in [1.82, 2.24) is 0 Å². The van der Waals surface area contributed by atoms with Crippen LogP contribution in [0.4, 0.5) is 0 Å². The van der Waals surface area contributed by atoms with Crippen molar-refractivity contribution in [3.05, 3.63) is 70.2 Å². The van der Waals surface area contributed by atoms with E-state index in [-0.39, 0.29) is 0 Å². The third-order valence-corrected chi connectivity index (χ3v) is 3.13. The van der Waals surface area contributed by atoms with Crippen LogP contribution in [0.2, 0.25) is 5.02 Å². The lowest BCUT2D eigenvalue weighted by Crippen LogP contribution is -2.01. The number of halogens is 1. The predicted molar refractivity (Wildman–Crippen MR) is 66.7 cm³/mol. The van der Waals surface area contributed by atoms with Crippen molar-refractivity contribution in [3.63, 3.8) is 0 Å². The van der Waals surface area contributed by atoms with Crippen LogP contribution in [0.3, 0.4) is 0 Å². The summed E-state index contributed by atoms with van der Waals surface area (Å²) in [5, 5.41) is 10.9. The molecular weight excluding hydrogens is 220 g/mol. The molecule has 0 aliphatic heterocycles. The van der Waals surface area contributed by atoms with Gasteiger partial charge in [-0.15, -0.1) is 0 Å². The van der Waals surface area contributed by atoms with Crippen molar-refractivity contribution < 1.29 is 5.11 Å². The summed E-state index contributed by atoms with van der Waals surface area (Å²) in [5.41, 5.74) is 2.67. The van der Waals surface area contributed by atoms with E-state index in [9.17, 15) is 5.11 Å². The lowest BCUT2D eigenvalue weighted by atomic mass is 9.98. The highest BCUT2D eigenvalue weighted by Crippen LogP contribution is 2.28. The molecule has 0 bridgehead atoms. The maximum absolute atomic E-state index is 10.2. The lowest BCUT2D eigenvalue weighted by Gasteiger charge is -2.14. The molecule has 0 spiro atoms. The fourth-order valence-electron chi connectivity index (χ4n) is 1.74. The lowest BCUT2D eigenvalue weighted by molar-refractivity contribution is 0.219. The summed E-state index contributed by atoms with van der Waals surface area (Å²) in [5.74, 6) is 0. The Morgan fingerprint density at radius 3 is 2.38 bits per heavy atom. The average Bonchev–Trinajstić information content (AvgIpc) is 2.33. The van der Waals surface area contributed by atoms with Crippen molar-refractivity contribution in [2.75, 3.05) is 0 Å². The molecule has 0 aromatic heterocycles. The SMILES string of the molecule is Cc1c(Cl)cccc1C(O)c1ccccc1. The van der Waals surface area contributed by atoms with Gasteiger partial charge in [0.1, 0.15) is 6.10 Å². The Balaban J connectivity index is 2.42. The molecule has 16 heavy (non-hydrogen) atoms. The second-order valence-corrected chi connectivity index (χ2v) is 4.17. The van der Waals surface area contributed by atoms with Crippen LogP contribution in [0, 0.1) is 6.92 Å². The molecule has 1 unspecified atom stereocenters. The summed E-state index contributed by atoms with van der Waals surface area (Å²) in [6.45, 7) is 1.92. The fourth-order valence-corrected chi connectivity index (χ4v) is 1.92. The monoisotopic (exact) mass is 232 g/mol. The van der Waals surface area contributed by atoms with Crippen molar-refractivity contribution in [3.8, 4) is 0 Å². The van der Waals surface area contributed by atoms with Gasteiger partial charge in [0.25, 0.3) is 0 Å². The molecule has 2 heteroatoms. The van der Waals surface area contributed by atoms with Crippen LogP contribution in [-0.4, -0.2) is 5.11 Å². The second-order valence-electron chi connectivity index (χ2n) is 3.77. The Morgan fingerprint density at radius 1 is 1.00 bits per heavy atom. The van der Waals surface area contributed by atoms with Crippen LogP contribution in [-0.2, 0) is 0 Å². The summed E-state index contributed by atoms with van der Waals surface area (Å²) in [4.78, 5) is 0. The van der Waals surface area contributed by atoms with E-state index >= 15 is 0 Å². The normalized spacial score (nSPS) is 12.4.